The molecule has 0 spiro atoms. The van der Waals surface area contributed by atoms with Gasteiger partial charge in [0.1, 0.15) is 12.9 Å². The molecule has 104 valence electrons. The molecule has 0 radical (unpaired) electrons. The Hall–Kier alpha value is -1.81. The molecule has 0 amide bonds. The van der Waals surface area contributed by atoms with Gasteiger partial charge in [0.2, 0.25) is 0 Å². The summed E-state index contributed by atoms with van der Waals surface area (Å²) in [6, 6.07) is 8.13. The summed E-state index contributed by atoms with van der Waals surface area (Å²) in [4.78, 5) is 19.1. The summed E-state index contributed by atoms with van der Waals surface area (Å²) in [5.74, 6) is 0.702. The van der Waals surface area contributed by atoms with Crippen molar-refractivity contribution in [2.24, 2.45) is 5.92 Å². The van der Waals surface area contributed by atoms with Gasteiger partial charge in [0.25, 0.3) is 0 Å². The number of hydrogen-bond acceptors (Lipinski definition) is 4. The van der Waals surface area contributed by atoms with E-state index in [1.807, 2.05) is 12.1 Å². The van der Waals surface area contributed by atoms with Gasteiger partial charge in [-0.25, -0.2) is 9.97 Å². The van der Waals surface area contributed by atoms with Crippen molar-refractivity contribution < 1.29 is 9.53 Å². The Morgan fingerprint density at radius 1 is 1.30 bits per heavy atom. The van der Waals surface area contributed by atoms with Gasteiger partial charge in [0.05, 0.1) is 6.10 Å². The summed E-state index contributed by atoms with van der Waals surface area (Å²) in [7, 11) is 0. The fourth-order valence-electron chi connectivity index (χ4n) is 2.71. The molecular formula is C16H18N2O2. The molecule has 0 aromatic carbocycles. The lowest BCUT2D eigenvalue weighted by Crippen LogP contribution is -2.32. The molecule has 1 aliphatic rings. The zero-order chi connectivity index (χ0) is 13.8. The molecule has 2 heterocycles. The van der Waals surface area contributed by atoms with Crippen LogP contribution in [0.1, 0.15) is 25.0 Å². The Morgan fingerprint density at radius 3 is 3.05 bits per heavy atom. The highest BCUT2D eigenvalue weighted by molar-refractivity contribution is 5.74. The number of aromatic nitrogens is 2. The molecule has 0 atom stereocenters. The standard InChI is InChI=1S/C16H18N2O2/c19-8-9-20-15-10-12(11-15)3-5-14-6-4-13-2-1-7-17-16(13)18-14/h1-2,4,6-8,12,15H,3,5,9-11H2/t12-,15+. The number of rotatable bonds is 6. The van der Waals surface area contributed by atoms with Gasteiger partial charge in [-0.15, -0.1) is 0 Å². The highest BCUT2D eigenvalue weighted by Crippen LogP contribution is 2.33. The molecule has 4 heteroatoms. The number of ether oxygens (including phenoxy) is 1. The van der Waals surface area contributed by atoms with Crippen LogP contribution >= 0.6 is 0 Å². The van der Waals surface area contributed by atoms with Gasteiger partial charge in [-0.1, -0.05) is 0 Å². The van der Waals surface area contributed by atoms with E-state index >= 15 is 0 Å². The summed E-state index contributed by atoms with van der Waals surface area (Å²) < 4.78 is 5.37. The first-order valence-corrected chi connectivity index (χ1v) is 7.11. The van der Waals surface area contributed by atoms with Crippen LogP contribution < -0.4 is 0 Å². The average molecular weight is 270 g/mol. The Bertz CT molecular complexity index is 594. The second-order valence-electron chi connectivity index (χ2n) is 5.35. The molecule has 2 aromatic heterocycles. The monoisotopic (exact) mass is 270 g/mol. The molecular weight excluding hydrogens is 252 g/mol. The first kappa shape index (κ1) is 13.2. The van der Waals surface area contributed by atoms with Crippen molar-refractivity contribution >= 4 is 17.3 Å². The van der Waals surface area contributed by atoms with Crippen LogP contribution in [0, 0.1) is 5.92 Å². The molecule has 2 aromatic rings. The Balaban J connectivity index is 1.50. The third-order valence-electron chi connectivity index (χ3n) is 3.92. The topological polar surface area (TPSA) is 52.1 Å². The number of fused-ring (bicyclic) bond motifs is 1. The molecule has 1 saturated carbocycles. The third-order valence-corrected chi connectivity index (χ3v) is 3.92. The summed E-state index contributed by atoms with van der Waals surface area (Å²) in [6.45, 7) is 0.231. The van der Waals surface area contributed by atoms with Crippen molar-refractivity contribution in [2.45, 2.75) is 31.8 Å². The summed E-state index contributed by atoms with van der Waals surface area (Å²) in [5.41, 5.74) is 1.93. The van der Waals surface area contributed by atoms with E-state index in [1.54, 1.807) is 6.20 Å². The number of aldehydes is 1. The maximum Gasteiger partial charge on any atom is 0.159 e. The SMILES string of the molecule is O=CCO[C@H]1C[C@@H](CCc2ccc3cccnc3n2)C1. The smallest absolute Gasteiger partial charge is 0.159 e. The molecule has 20 heavy (non-hydrogen) atoms. The van der Waals surface area contributed by atoms with Crippen LogP contribution in [0.4, 0.5) is 0 Å². The predicted molar refractivity (Wildman–Crippen MR) is 76.4 cm³/mol. The normalized spacial score (nSPS) is 21.6. The van der Waals surface area contributed by atoms with Gasteiger partial charge in [-0.2, -0.15) is 0 Å². The van der Waals surface area contributed by atoms with Gasteiger partial charge in [0.15, 0.2) is 5.65 Å². The number of aryl methyl sites for hydroxylation is 1. The number of carbonyl (C=O) groups excluding carboxylic acids is 1. The van der Waals surface area contributed by atoms with E-state index < -0.39 is 0 Å². The lowest BCUT2D eigenvalue weighted by atomic mass is 9.79. The molecule has 3 rings (SSSR count). The predicted octanol–water partition coefficient (Wildman–Crippen LogP) is 2.56. The van der Waals surface area contributed by atoms with Crippen molar-refractivity contribution in [3.63, 3.8) is 0 Å². The van der Waals surface area contributed by atoms with Crippen LogP contribution in [-0.2, 0) is 16.0 Å². The summed E-state index contributed by atoms with van der Waals surface area (Å²) in [5, 5.41) is 1.09. The van der Waals surface area contributed by atoms with Gasteiger partial charge in [-0.05, 0) is 55.9 Å². The Labute approximate surface area is 118 Å². The van der Waals surface area contributed by atoms with Crippen molar-refractivity contribution in [1.29, 1.82) is 0 Å². The van der Waals surface area contributed by atoms with E-state index in [2.05, 4.69) is 22.1 Å². The summed E-state index contributed by atoms with van der Waals surface area (Å²) >= 11 is 0. The van der Waals surface area contributed by atoms with E-state index in [9.17, 15) is 4.79 Å². The first-order valence-electron chi connectivity index (χ1n) is 7.11. The van der Waals surface area contributed by atoms with Gasteiger partial charge in [0, 0.05) is 17.3 Å². The molecule has 0 saturated heterocycles. The lowest BCUT2D eigenvalue weighted by Gasteiger charge is -2.34. The number of hydrogen-bond donors (Lipinski definition) is 0. The minimum Gasteiger partial charge on any atom is -0.371 e. The van der Waals surface area contributed by atoms with E-state index in [0.29, 0.717) is 5.92 Å². The lowest BCUT2D eigenvalue weighted by molar-refractivity contribution is -0.117. The first-order chi connectivity index (χ1) is 9.85. The Kier molecular flexibility index (Phi) is 4.02. The van der Waals surface area contributed by atoms with Crippen LogP contribution in [0.3, 0.4) is 0 Å². The zero-order valence-electron chi connectivity index (χ0n) is 11.4. The molecule has 0 N–H and O–H groups in total. The van der Waals surface area contributed by atoms with E-state index in [-0.39, 0.29) is 12.7 Å². The number of nitrogens with zero attached hydrogens (tertiary/aromatic N) is 2. The van der Waals surface area contributed by atoms with Crippen molar-refractivity contribution in [3.8, 4) is 0 Å². The highest BCUT2D eigenvalue weighted by atomic mass is 16.5. The van der Waals surface area contributed by atoms with Crippen molar-refractivity contribution in [3.05, 3.63) is 36.2 Å². The molecule has 1 fully saturated rings. The largest absolute Gasteiger partial charge is 0.371 e. The van der Waals surface area contributed by atoms with Crippen LogP contribution in [0.2, 0.25) is 0 Å². The maximum absolute atomic E-state index is 10.2. The second-order valence-corrected chi connectivity index (χ2v) is 5.35. The third kappa shape index (κ3) is 3.02. The quantitative estimate of drug-likeness (QED) is 0.757. The van der Waals surface area contributed by atoms with Crippen LogP contribution in [0.5, 0.6) is 0 Å². The molecule has 1 aliphatic carbocycles. The summed E-state index contributed by atoms with van der Waals surface area (Å²) in [6.07, 6.45) is 7.14. The highest BCUT2D eigenvalue weighted by Gasteiger charge is 2.29. The van der Waals surface area contributed by atoms with Crippen molar-refractivity contribution in [1.82, 2.24) is 9.97 Å². The number of pyridine rings is 2. The number of carbonyl (C=O) groups is 1. The maximum atomic E-state index is 10.2. The van der Waals surface area contributed by atoms with Crippen LogP contribution in [0.25, 0.3) is 11.0 Å². The van der Waals surface area contributed by atoms with Gasteiger partial charge >= 0.3 is 0 Å². The average Bonchev–Trinajstić information content (AvgIpc) is 2.45. The minimum absolute atomic E-state index is 0.231. The van der Waals surface area contributed by atoms with Crippen molar-refractivity contribution in [2.75, 3.05) is 6.61 Å². The fraction of sp³-hybridized carbons (Fsp3) is 0.438. The van der Waals surface area contributed by atoms with E-state index in [1.165, 1.54) is 0 Å². The Morgan fingerprint density at radius 2 is 2.20 bits per heavy atom. The minimum atomic E-state index is 0.231. The van der Waals surface area contributed by atoms with E-state index in [0.717, 1.165) is 48.7 Å². The van der Waals surface area contributed by atoms with E-state index in [4.69, 9.17) is 4.74 Å². The zero-order valence-corrected chi connectivity index (χ0v) is 11.4. The fourth-order valence-corrected chi connectivity index (χ4v) is 2.71. The van der Waals surface area contributed by atoms with Gasteiger partial charge in [-0.3, -0.25) is 0 Å². The van der Waals surface area contributed by atoms with Crippen LogP contribution in [0.15, 0.2) is 30.5 Å². The van der Waals surface area contributed by atoms with Crippen LogP contribution in [-0.4, -0.2) is 29.0 Å². The molecule has 0 bridgehead atoms. The molecule has 0 unspecified atom stereocenters. The second kappa shape index (κ2) is 6.09. The molecule has 4 nitrogen and oxygen atoms in total. The van der Waals surface area contributed by atoms with Gasteiger partial charge < -0.3 is 9.53 Å². The molecule has 0 aliphatic heterocycles.